The zero-order valence-corrected chi connectivity index (χ0v) is 11.1. The van der Waals surface area contributed by atoms with Gasteiger partial charge in [0.05, 0.1) is 6.07 Å². The molecule has 0 aromatic carbocycles. The van der Waals surface area contributed by atoms with Crippen LogP contribution >= 0.6 is 11.8 Å². The number of hydrogen-bond donors (Lipinski definition) is 1. The highest BCUT2D eigenvalue weighted by Crippen LogP contribution is 2.36. The van der Waals surface area contributed by atoms with Crippen molar-refractivity contribution in [3.63, 3.8) is 0 Å². The van der Waals surface area contributed by atoms with E-state index in [0.29, 0.717) is 5.25 Å². The van der Waals surface area contributed by atoms with E-state index in [4.69, 9.17) is 4.74 Å². The van der Waals surface area contributed by atoms with Gasteiger partial charge in [0.2, 0.25) is 0 Å². The molecule has 1 aliphatic carbocycles. The lowest BCUT2D eigenvalue weighted by molar-refractivity contribution is 0.200. The number of hydrogen-bond acceptors (Lipinski definition) is 4. The van der Waals surface area contributed by atoms with Crippen LogP contribution in [0.2, 0.25) is 0 Å². The summed E-state index contributed by atoms with van der Waals surface area (Å²) in [5.41, 5.74) is -0.242. The van der Waals surface area contributed by atoms with Gasteiger partial charge in [-0.1, -0.05) is 6.92 Å². The molecular weight excluding hydrogens is 220 g/mol. The van der Waals surface area contributed by atoms with Crippen LogP contribution in [0, 0.1) is 11.3 Å². The molecule has 0 amide bonds. The number of thioether (sulfide) groups is 1. The van der Waals surface area contributed by atoms with Crippen LogP contribution < -0.4 is 5.32 Å². The van der Waals surface area contributed by atoms with Crippen molar-refractivity contribution in [2.24, 2.45) is 0 Å². The molecule has 16 heavy (non-hydrogen) atoms. The molecule has 0 heterocycles. The molecule has 1 N–H and O–H groups in total. The van der Waals surface area contributed by atoms with E-state index in [1.54, 1.807) is 7.11 Å². The lowest BCUT2D eigenvalue weighted by Crippen LogP contribution is -2.41. The van der Waals surface area contributed by atoms with Gasteiger partial charge in [0.25, 0.3) is 0 Å². The molecule has 4 heteroatoms. The van der Waals surface area contributed by atoms with Gasteiger partial charge < -0.3 is 4.74 Å². The van der Waals surface area contributed by atoms with E-state index in [1.165, 1.54) is 0 Å². The number of methoxy groups -OCH3 is 1. The maximum absolute atomic E-state index is 9.23. The molecule has 1 fully saturated rings. The first-order chi connectivity index (χ1) is 7.76. The van der Waals surface area contributed by atoms with Crippen molar-refractivity contribution in [2.45, 2.75) is 43.4 Å². The minimum absolute atomic E-state index is 0.242. The summed E-state index contributed by atoms with van der Waals surface area (Å²) in [5, 5.41) is 13.2. The fourth-order valence-corrected chi connectivity index (χ4v) is 3.54. The Balaban J connectivity index is 2.26. The molecule has 0 aromatic rings. The Labute approximate surface area is 103 Å². The summed E-state index contributed by atoms with van der Waals surface area (Å²) in [6.07, 6.45) is 4.27. The van der Waals surface area contributed by atoms with Crippen LogP contribution in [0.1, 0.15) is 32.6 Å². The summed E-state index contributed by atoms with van der Waals surface area (Å²) in [6.45, 7) is 3.79. The van der Waals surface area contributed by atoms with Gasteiger partial charge in [-0.05, 0) is 38.0 Å². The van der Waals surface area contributed by atoms with Gasteiger partial charge in [0.1, 0.15) is 5.54 Å². The first kappa shape index (κ1) is 13.8. The third kappa shape index (κ3) is 3.97. The highest BCUT2D eigenvalue weighted by atomic mass is 32.2. The quantitative estimate of drug-likeness (QED) is 0.695. The number of nitriles is 1. The maximum Gasteiger partial charge on any atom is 0.107 e. The summed E-state index contributed by atoms with van der Waals surface area (Å²) >= 11 is 2.00. The average molecular weight is 242 g/mol. The van der Waals surface area contributed by atoms with E-state index in [2.05, 4.69) is 18.3 Å². The number of ether oxygens (including phenoxy) is 1. The van der Waals surface area contributed by atoms with Crippen LogP contribution in [0.25, 0.3) is 0 Å². The molecule has 2 unspecified atom stereocenters. The third-order valence-electron chi connectivity index (χ3n) is 3.04. The normalized spacial score (nSPS) is 29.2. The van der Waals surface area contributed by atoms with Crippen LogP contribution in [0.3, 0.4) is 0 Å². The van der Waals surface area contributed by atoms with Gasteiger partial charge in [-0.15, -0.1) is 0 Å². The first-order valence-electron chi connectivity index (χ1n) is 6.03. The Morgan fingerprint density at radius 1 is 1.62 bits per heavy atom. The maximum atomic E-state index is 9.23. The predicted octanol–water partition coefficient (Wildman–Crippen LogP) is 2.18. The molecule has 0 saturated heterocycles. The lowest BCUT2D eigenvalue weighted by atomic mass is 10.0. The summed E-state index contributed by atoms with van der Waals surface area (Å²) in [4.78, 5) is 0. The molecule has 0 aliphatic heterocycles. The zero-order valence-electron chi connectivity index (χ0n) is 10.3. The van der Waals surface area contributed by atoms with E-state index < -0.39 is 0 Å². The van der Waals surface area contributed by atoms with E-state index >= 15 is 0 Å². The third-order valence-corrected chi connectivity index (χ3v) is 4.44. The smallest absolute Gasteiger partial charge is 0.107 e. The molecule has 1 saturated carbocycles. The molecule has 1 rings (SSSR count). The van der Waals surface area contributed by atoms with Crippen molar-refractivity contribution < 1.29 is 4.74 Å². The van der Waals surface area contributed by atoms with Gasteiger partial charge in [0, 0.05) is 19.0 Å². The van der Waals surface area contributed by atoms with Crippen LogP contribution in [0.5, 0.6) is 0 Å². The summed E-state index contributed by atoms with van der Waals surface area (Å²) in [7, 11) is 1.74. The predicted molar refractivity (Wildman–Crippen MR) is 68.6 cm³/mol. The molecule has 1 aliphatic rings. The van der Waals surface area contributed by atoms with E-state index in [0.717, 1.165) is 44.6 Å². The number of rotatable bonds is 7. The largest absolute Gasteiger partial charge is 0.385 e. The molecule has 92 valence electrons. The van der Waals surface area contributed by atoms with E-state index in [-0.39, 0.29) is 5.54 Å². The van der Waals surface area contributed by atoms with Crippen molar-refractivity contribution in [1.82, 2.24) is 5.32 Å². The molecule has 0 radical (unpaired) electrons. The number of nitrogens with one attached hydrogen (secondary N) is 1. The second-order valence-electron chi connectivity index (χ2n) is 4.31. The topological polar surface area (TPSA) is 45.0 Å². The van der Waals surface area contributed by atoms with E-state index in [1.807, 2.05) is 11.8 Å². The van der Waals surface area contributed by atoms with Crippen LogP contribution in [0.15, 0.2) is 0 Å². The van der Waals surface area contributed by atoms with Crippen LogP contribution in [0.4, 0.5) is 0 Å². The molecule has 3 nitrogen and oxygen atoms in total. The summed E-state index contributed by atoms with van der Waals surface area (Å²) in [5.74, 6) is 1.14. The monoisotopic (exact) mass is 242 g/mol. The standard InChI is InChI=1S/C12H22N2OS/c1-3-14-12(10-13)6-5-11(9-12)16-8-4-7-15-2/h11,14H,3-9H2,1-2H3. The average Bonchev–Trinajstić information content (AvgIpc) is 2.70. The molecule has 0 bridgehead atoms. The van der Waals surface area contributed by atoms with Gasteiger partial charge in [-0.2, -0.15) is 17.0 Å². The van der Waals surface area contributed by atoms with Crippen molar-refractivity contribution in [3.8, 4) is 6.07 Å². The fourth-order valence-electron chi connectivity index (χ4n) is 2.24. The van der Waals surface area contributed by atoms with Gasteiger partial charge >= 0.3 is 0 Å². The van der Waals surface area contributed by atoms with Crippen molar-refractivity contribution in [1.29, 1.82) is 5.26 Å². The zero-order chi connectivity index (χ0) is 11.9. The van der Waals surface area contributed by atoms with Crippen LogP contribution in [-0.2, 0) is 4.74 Å². The second kappa shape index (κ2) is 7.16. The Kier molecular flexibility index (Phi) is 6.18. The van der Waals surface area contributed by atoms with Crippen molar-refractivity contribution >= 4 is 11.8 Å². The fraction of sp³-hybridized carbons (Fsp3) is 0.917. The molecule has 0 spiro atoms. The Hall–Kier alpha value is -0.240. The molecular formula is C12H22N2OS. The van der Waals surface area contributed by atoms with Crippen molar-refractivity contribution in [2.75, 3.05) is 26.0 Å². The SMILES string of the molecule is CCNC1(C#N)CCC(SCCCOC)C1. The summed E-state index contributed by atoms with van der Waals surface area (Å²) < 4.78 is 5.03. The van der Waals surface area contributed by atoms with Gasteiger partial charge in [-0.3, -0.25) is 5.32 Å². The lowest BCUT2D eigenvalue weighted by Gasteiger charge is -2.21. The van der Waals surface area contributed by atoms with Gasteiger partial charge in [-0.25, -0.2) is 0 Å². The Morgan fingerprint density at radius 3 is 3.06 bits per heavy atom. The Bertz CT molecular complexity index is 242. The number of nitrogens with zero attached hydrogens (tertiary/aromatic N) is 1. The first-order valence-corrected chi connectivity index (χ1v) is 7.08. The van der Waals surface area contributed by atoms with E-state index in [9.17, 15) is 5.26 Å². The molecule has 2 atom stereocenters. The van der Waals surface area contributed by atoms with Gasteiger partial charge in [0.15, 0.2) is 0 Å². The molecule has 0 aromatic heterocycles. The minimum atomic E-state index is -0.242. The van der Waals surface area contributed by atoms with Crippen LogP contribution in [-0.4, -0.2) is 36.8 Å². The van der Waals surface area contributed by atoms with Crippen molar-refractivity contribution in [3.05, 3.63) is 0 Å². The second-order valence-corrected chi connectivity index (χ2v) is 5.71. The summed E-state index contributed by atoms with van der Waals surface area (Å²) in [6, 6.07) is 2.46. The highest BCUT2D eigenvalue weighted by Gasteiger charge is 2.38. The minimum Gasteiger partial charge on any atom is -0.385 e. The highest BCUT2D eigenvalue weighted by molar-refractivity contribution is 7.99. The Morgan fingerprint density at radius 2 is 2.44 bits per heavy atom.